The first kappa shape index (κ1) is 17.5. The number of anilines is 1. The zero-order valence-corrected chi connectivity index (χ0v) is 15.6. The van der Waals surface area contributed by atoms with Crippen molar-refractivity contribution in [3.63, 3.8) is 0 Å². The number of nitrogens with zero attached hydrogens (tertiary/aromatic N) is 4. The molecule has 2 aromatic rings. The lowest BCUT2D eigenvalue weighted by Gasteiger charge is -2.18. The van der Waals surface area contributed by atoms with Crippen LogP contribution in [0.15, 0.2) is 22.7 Å². The number of carbonyl (C=O) groups is 1. The van der Waals surface area contributed by atoms with E-state index in [1.54, 1.807) is 6.07 Å². The van der Waals surface area contributed by atoms with Gasteiger partial charge in [0, 0.05) is 56.2 Å². The van der Waals surface area contributed by atoms with Crippen LogP contribution < -0.4 is 4.90 Å². The summed E-state index contributed by atoms with van der Waals surface area (Å²) in [7, 11) is 4.05. The molecule has 0 bridgehead atoms. The van der Waals surface area contributed by atoms with Gasteiger partial charge in [-0.05, 0) is 31.4 Å². The van der Waals surface area contributed by atoms with E-state index in [2.05, 4.69) is 22.2 Å². The summed E-state index contributed by atoms with van der Waals surface area (Å²) in [5, 5.41) is 3.99. The zero-order valence-electron chi connectivity index (χ0n) is 15.6. The second-order valence-electron chi connectivity index (χ2n) is 7.29. The molecule has 1 saturated heterocycles. The second kappa shape index (κ2) is 6.86. The van der Waals surface area contributed by atoms with Gasteiger partial charge in [-0.2, -0.15) is 0 Å². The number of likely N-dealkylation sites (tertiary alicyclic amines) is 1. The van der Waals surface area contributed by atoms with Gasteiger partial charge in [0.2, 0.25) is 5.76 Å². The largest absolute Gasteiger partial charge is 0.378 e. The lowest BCUT2D eigenvalue weighted by atomic mass is 10.0. The molecular weight excluding hydrogens is 316 g/mol. The van der Waals surface area contributed by atoms with Gasteiger partial charge in [-0.3, -0.25) is 9.78 Å². The molecule has 25 heavy (non-hydrogen) atoms. The van der Waals surface area contributed by atoms with Gasteiger partial charge in [0.15, 0.2) is 0 Å². The Hall–Kier alpha value is -2.37. The van der Waals surface area contributed by atoms with Crippen LogP contribution in [0.1, 0.15) is 59.7 Å². The third-order valence-corrected chi connectivity index (χ3v) is 4.70. The quantitative estimate of drug-likeness (QED) is 0.854. The van der Waals surface area contributed by atoms with Crippen LogP contribution in [0.5, 0.6) is 0 Å². The van der Waals surface area contributed by atoms with Crippen LogP contribution in [-0.2, 0) is 0 Å². The van der Waals surface area contributed by atoms with Crippen molar-refractivity contribution in [3.05, 3.63) is 41.0 Å². The van der Waals surface area contributed by atoms with Crippen molar-refractivity contribution >= 4 is 11.6 Å². The molecule has 0 unspecified atom stereocenters. The van der Waals surface area contributed by atoms with Crippen molar-refractivity contribution in [1.29, 1.82) is 0 Å². The van der Waals surface area contributed by atoms with Crippen molar-refractivity contribution < 1.29 is 9.32 Å². The van der Waals surface area contributed by atoms with Gasteiger partial charge in [0.1, 0.15) is 0 Å². The van der Waals surface area contributed by atoms with Gasteiger partial charge in [0.25, 0.3) is 5.91 Å². The number of aryl methyl sites for hydroxylation is 1. The summed E-state index contributed by atoms with van der Waals surface area (Å²) >= 11 is 0. The molecule has 134 valence electrons. The van der Waals surface area contributed by atoms with Crippen LogP contribution in [0.2, 0.25) is 0 Å². The van der Waals surface area contributed by atoms with Crippen molar-refractivity contribution in [3.8, 4) is 0 Å². The highest BCUT2D eigenvalue weighted by molar-refractivity contribution is 5.91. The summed E-state index contributed by atoms with van der Waals surface area (Å²) in [6.45, 7) is 7.46. The number of hydrogen-bond acceptors (Lipinski definition) is 5. The van der Waals surface area contributed by atoms with Crippen LogP contribution >= 0.6 is 0 Å². The van der Waals surface area contributed by atoms with Crippen LogP contribution in [0, 0.1) is 6.92 Å². The Labute approximate surface area is 148 Å². The number of amides is 1. The minimum absolute atomic E-state index is 0.0811. The minimum Gasteiger partial charge on any atom is -0.378 e. The summed E-state index contributed by atoms with van der Waals surface area (Å²) in [6.07, 6.45) is 0.917. The number of hydrogen-bond donors (Lipinski definition) is 0. The van der Waals surface area contributed by atoms with Gasteiger partial charge in [0.05, 0.1) is 5.69 Å². The SMILES string of the molecule is Cc1cc(N(C)C)cc([C@H]2CCN(C(=O)c3cc(C(C)C)no3)C2)n1. The minimum atomic E-state index is -0.0811. The molecule has 0 aliphatic carbocycles. The number of carbonyl (C=O) groups excluding carboxylic acids is 1. The molecule has 0 radical (unpaired) electrons. The first-order valence-corrected chi connectivity index (χ1v) is 8.77. The standard InChI is InChI=1S/C19H26N4O2/c1-12(2)16-10-18(25-21-16)19(24)23-7-6-14(11-23)17-9-15(22(4)5)8-13(3)20-17/h8-10,12,14H,6-7,11H2,1-5H3/t14-/m0/s1. The third-order valence-electron chi connectivity index (χ3n) is 4.70. The summed E-state index contributed by atoms with van der Waals surface area (Å²) in [4.78, 5) is 21.3. The van der Waals surface area contributed by atoms with E-state index >= 15 is 0 Å². The Bertz CT molecular complexity index is 767. The maximum absolute atomic E-state index is 12.7. The predicted molar refractivity (Wildman–Crippen MR) is 97.2 cm³/mol. The fourth-order valence-electron chi connectivity index (χ4n) is 3.15. The Balaban J connectivity index is 1.74. The highest BCUT2D eigenvalue weighted by atomic mass is 16.5. The topological polar surface area (TPSA) is 62.5 Å². The summed E-state index contributed by atoms with van der Waals surface area (Å²) in [6, 6.07) is 5.95. The zero-order chi connectivity index (χ0) is 18.1. The van der Waals surface area contributed by atoms with E-state index in [4.69, 9.17) is 9.51 Å². The molecule has 1 atom stereocenters. The van der Waals surface area contributed by atoms with Crippen LogP contribution in [0.4, 0.5) is 5.69 Å². The van der Waals surface area contributed by atoms with Crippen LogP contribution in [0.25, 0.3) is 0 Å². The molecule has 3 heterocycles. The molecule has 3 rings (SSSR count). The Morgan fingerprint density at radius 1 is 1.32 bits per heavy atom. The Morgan fingerprint density at radius 2 is 2.08 bits per heavy atom. The van der Waals surface area contributed by atoms with E-state index in [9.17, 15) is 4.79 Å². The van der Waals surface area contributed by atoms with Crippen molar-refractivity contribution in [2.24, 2.45) is 0 Å². The van der Waals surface area contributed by atoms with Crippen LogP contribution in [0.3, 0.4) is 0 Å². The maximum Gasteiger partial charge on any atom is 0.292 e. The first-order valence-electron chi connectivity index (χ1n) is 8.77. The van der Waals surface area contributed by atoms with E-state index in [0.717, 1.165) is 29.2 Å². The number of rotatable bonds is 4. The summed E-state index contributed by atoms with van der Waals surface area (Å²) in [5.74, 6) is 0.755. The van der Waals surface area contributed by atoms with Gasteiger partial charge in [-0.1, -0.05) is 19.0 Å². The van der Waals surface area contributed by atoms with E-state index in [1.807, 2.05) is 39.8 Å². The first-order chi connectivity index (χ1) is 11.8. The molecule has 1 amide bonds. The lowest BCUT2D eigenvalue weighted by Crippen LogP contribution is -2.28. The van der Waals surface area contributed by atoms with Gasteiger partial charge >= 0.3 is 0 Å². The van der Waals surface area contributed by atoms with E-state index in [0.29, 0.717) is 18.8 Å². The molecule has 1 fully saturated rings. The monoisotopic (exact) mass is 342 g/mol. The molecule has 6 heteroatoms. The molecule has 0 N–H and O–H groups in total. The van der Waals surface area contributed by atoms with E-state index in [1.165, 1.54) is 0 Å². The van der Waals surface area contributed by atoms with Crippen LogP contribution in [-0.4, -0.2) is 48.1 Å². The number of aromatic nitrogens is 2. The molecule has 2 aromatic heterocycles. The summed E-state index contributed by atoms with van der Waals surface area (Å²) in [5.41, 5.74) is 4.02. The fraction of sp³-hybridized carbons (Fsp3) is 0.526. The van der Waals surface area contributed by atoms with Crippen molar-refractivity contribution in [1.82, 2.24) is 15.0 Å². The van der Waals surface area contributed by atoms with E-state index < -0.39 is 0 Å². The molecule has 6 nitrogen and oxygen atoms in total. The fourth-order valence-corrected chi connectivity index (χ4v) is 3.15. The Kier molecular flexibility index (Phi) is 4.79. The third kappa shape index (κ3) is 3.67. The smallest absolute Gasteiger partial charge is 0.292 e. The molecule has 1 aliphatic rings. The second-order valence-corrected chi connectivity index (χ2v) is 7.29. The summed E-state index contributed by atoms with van der Waals surface area (Å²) < 4.78 is 5.25. The average molecular weight is 342 g/mol. The van der Waals surface area contributed by atoms with Gasteiger partial charge < -0.3 is 14.3 Å². The molecule has 0 saturated carbocycles. The van der Waals surface area contributed by atoms with E-state index in [-0.39, 0.29) is 17.7 Å². The average Bonchev–Trinajstić information content (AvgIpc) is 3.23. The number of pyridine rings is 1. The lowest BCUT2D eigenvalue weighted by molar-refractivity contribution is 0.0749. The molecule has 1 aliphatic heterocycles. The Morgan fingerprint density at radius 3 is 2.72 bits per heavy atom. The van der Waals surface area contributed by atoms with Crippen molar-refractivity contribution in [2.75, 3.05) is 32.1 Å². The van der Waals surface area contributed by atoms with Gasteiger partial charge in [-0.25, -0.2) is 0 Å². The van der Waals surface area contributed by atoms with Crippen molar-refractivity contribution in [2.45, 2.75) is 39.0 Å². The highest BCUT2D eigenvalue weighted by Crippen LogP contribution is 2.29. The molecule has 0 aromatic carbocycles. The van der Waals surface area contributed by atoms with Gasteiger partial charge in [-0.15, -0.1) is 0 Å². The normalized spacial score (nSPS) is 17.4. The molecular formula is C19H26N4O2. The maximum atomic E-state index is 12.7. The predicted octanol–water partition coefficient (Wildman–Crippen LogP) is 3.20. The molecule has 0 spiro atoms. The highest BCUT2D eigenvalue weighted by Gasteiger charge is 2.31.